The molecular weight excluding hydrogens is 344 g/mol. The van der Waals surface area contributed by atoms with Crippen molar-refractivity contribution in [2.45, 2.75) is 65.3 Å². The summed E-state index contributed by atoms with van der Waals surface area (Å²) in [5, 5.41) is 13.8. The van der Waals surface area contributed by atoms with Crippen LogP contribution in [-0.2, 0) is 4.74 Å². The summed E-state index contributed by atoms with van der Waals surface area (Å²) in [5.74, 6) is -0.0942. The van der Waals surface area contributed by atoms with Crippen molar-refractivity contribution in [1.82, 2.24) is 4.90 Å². The lowest BCUT2D eigenvalue weighted by Crippen LogP contribution is -2.47. The number of aliphatic hydroxyl groups is 1. The van der Waals surface area contributed by atoms with Gasteiger partial charge in [-0.3, -0.25) is 4.79 Å². The number of hydrogen-bond acceptors (Lipinski definition) is 5. The van der Waals surface area contributed by atoms with E-state index in [0.717, 1.165) is 6.42 Å². The van der Waals surface area contributed by atoms with Crippen molar-refractivity contribution in [3.63, 3.8) is 0 Å². The maximum absolute atomic E-state index is 12.6. The molecule has 1 heterocycles. The molecule has 1 aliphatic heterocycles. The quantitative estimate of drug-likeness (QED) is 0.463. The molecule has 0 spiro atoms. The van der Waals surface area contributed by atoms with E-state index in [0.29, 0.717) is 29.8 Å². The predicted octanol–water partition coefficient (Wildman–Crippen LogP) is 3.97. The summed E-state index contributed by atoms with van der Waals surface area (Å²) in [4.78, 5) is 26.5. The van der Waals surface area contributed by atoms with Gasteiger partial charge in [-0.15, -0.1) is 0 Å². The van der Waals surface area contributed by atoms with E-state index in [4.69, 9.17) is 4.74 Å². The van der Waals surface area contributed by atoms with E-state index in [1.807, 2.05) is 27.7 Å². The number of para-hydroxylation sites is 1. The molecule has 1 saturated heterocycles. The molecule has 1 unspecified atom stereocenters. The molecule has 148 valence electrons. The number of allylic oxidation sites excluding steroid dienone is 2. The average Bonchev–Trinajstić information content (AvgIpc) is 3.09. The number of hydrogen-bond donors (Lipinski definition) is 2. The lowest BCUT2D eigenvalue weighted by molar-refractivity contribution is 0.00920. The van der Waals surface area contributed by atoms with Crippen molar-refractivity contribution in [2.24, 2.45) is 0 Å². The number of carbonyl (C=O) groups is 2. The second-order valence-corrected chi connectivity index (χ2v) is 7.82. The minimum Gasteiger partial charge on any atom is -0.444 e. The number of anilines is 1. The Bertz CT molecular complexity index is 721. The zero-order valence-electron chi connectivity index (χ0n) is 16.8. The van der Waals surface area contributed by atoms with Crippen LogP contribution in [0.5, 0.6) is 0 Å². The van der Waals surface area contributed by atoms with Gasteiger partial charge >= 0.3 is 6.09 Å². The summed E-state index contributed by atoms with van der Waals surface area (Å²) in [5.41, 5.74) is 1.09. The molecule has 0 saturated carbocycles. The average molecular weight is 374 g/mol. The van der Waals surface area contributed by atoms with Gasteiger partial charge in [0, 0.05) is 17.8 Å². The summed E-state index contributed by atoms with van der Waals surface area (Å²) >= 11 is 0. The van der Waals surface area contributed by atoms with E-state index >= 15 is 0 Å². The highest BCUT2D eigenvalue weighted by molar-refractivity contribution is 6.11. The molecule has 0 bridgehead atoms. The summed E-state index contributed by atoms with van der Waals surface area (Å²) in [6, 6.07) is 6.66. The molecule has 2 rings (SSSR count). The van der Waals surface area contributed by atoms with Crippen LogP contribution in [0.1, 0.15) is 57.8 Å². The van der Waals surface area contributed by atoms with E-state index in [1.165, 1.54) is 0 Å². The minimum absolute atomic E-state index is 0.0942. The van der Waals surface area contributed by atoms with E-state index in [9.17, 15) is 14.7 Å². The van der Waals surface area contributed by atoms with Crippen molar-refractivity contribution in [3.8, 4) is 0 Å². The van der Waals surface area contributed by atoms with Crippen molar-refractivity contribution in [1.29, 1.82) is 0 Å². The van der Waals surface area contributed by atoms with Crippen LogP contribution in [0.15, 0.2) is 35.9 Å². The summed E-state index contributed by atoms with van der Waals surface area (Å²) in [6.07, 6.45) is 1.79. The van der Waals surface area contributed by atoms with Crippen molar-refractivity contribution in [2.75, 3.05) is 11.9 Å². The second kappa shape index (κ2) is 8.57. The molecule has 6 heteroatoms. The first-order chi connectivity index (χ1) is 12.6. The number of Topliss-reactive ketones (excluding diaryl/α,β-unsaturated/α-hetero) is 1. The van der Waals surface area contributed by atoms with Crippen LogP contribution in [0.4, 0.5) is 10.5 Å². The van der Waals surface area contributed by atoms with Gasteiger partial charge in [-0.25, -0.2) is 4.79 Å². The molecule has 6 nitrogen and oxygen atoms in total. The Hall–Kier alpha value is -2.34. The molecule has 1 aromatic rings. The summed E-state index contributed by atoms with van der Waals surface area (Å²) in [6.45, 7) is 9.56. The van der Waals surface area contributed by atoms with E-state index < -0.39 is 24.0 Å². The first-order valence-electron chi connectivity index (χ1n) is 9.35. The number of benzene rings is 1. The number of likely N-dealkylation sites (tertiary alicyclic amines) is 1. The standard InChI is InChI=1S/C21H30N2O4/c1-6-14(2)18(24)15-10-7-8-11-16(15)22-19(25)17-12-9-13-23(17)20(26)27-21(3,4)5/h6-8,10-11,17,19,22,25H,9,12-13H2,1-5H3/b14-6+/t17-,19?/m1/s1. The Morgan fingerprint density at radius 1 is 1.33 bits per heavy atom. The largest absolute Gasteiger partial charge is 0.444 e. The molecule has 0 aromatic heterocycles. The number of ketones is 1. The molecule has 0 aliphatic carbocycles. The molecule has 1 amide bonds. The van der Waals surface area contributed by atoms with Gasteiger partial charge in [0.2, 0.25) is 0 Å². The van der Waals surface area contributed by atoms with Crippen LogP contribution in [0.2, 0.25) is 0 Å². The number of amides is 1. The first-order valence-corrected chi connectivity index (χ1v) is 9.35. The third-order valence-electron chi connectivity index (χ3n) is 4.56. The third kappa shape index (κ3) is 5.32. The Labute approximate surface area is 161 Å². The van der Waals surface area contributed by atoms with Gasteiger partial charge in [0.1, 0.15) is 11.8 Å². The lowest BCUT2D eigenvalue weighted by atomic mass is 10.0. The second-order valence-electron chi connectivity index (χ2n) is 7.82. The molecule has 0 radical (unpaired) electrons. The number of carbonyl (C=O) groups excluding carboxylic acids is 2. The smallest absolute Gasteiger partial charge is 0.410 e. The van der Waals surface area contributed by atoms with Crippen molar-refractivity contribution in [3.05, 3.63) is 41.5 Å². The molecule has 1 aliphatic rings. The lowest BCUT2D eigenvalue weighted by Gasteiger charge is -2.31. The summed E-state index contributed by atoms with van der Waals surface area (Å²) < 4.78 is 5.45. The Morgan fingerprint density at radius 3 is 2.63 bits per heavy atom. The fourth-order valence-corrected chi connectivity index (χ4v) is 3.07. The SMILES string of the molecule is C/C=C(\C)C(=O)c1ccccc1NC(O)[C@H]1CCCN1C(=O)OC(C)(C)C. The monoisotopic (exact) mass is 374 g/mol. The van der Waals surface area contributed by atoms with Crippen LogP contribution in [0, 0.1) is 0 Å². The summed E-state index contributed by atoms with van der Waals surface area (Å²) in [7, 11) is 0. The number of ether oxygens (including phenoxy) is 1. The number of nitrogens with one attached hydrogen (secondary N) is 1. The topological polar surface area (TPSA) is 78.9 Å². The highest BCUT2D eigenvalue weighted by atomic mass is 16.6. The third-order valence-corrected chi connectivity index (χ3v) is 4.56. The minimum atomic E-state index is -1.00. The molecule has 1 fully saturated rings. The maximum Gasteiger partial charge on any atom is 0.410 e. The Morgan fingerprint density at radius 2 is 2.00 bits per heavy atom. The van der Waals surface area contributed by atoms with E-state index in [-0.39, 0.29) is 5.78 Å². The molecule has 27 heavy (non-hydrogen) atoms. The van der Waals surface area contributed by atoms with Gasteiger partial charge in [0.05, 0.1) is 6.04 Å². The fourth-order valence-electron chi connectivity index (χ4n) is 3.07. The van der Waals surface area contributed by atoms with Gasteiger partial charge in [0.25, 0.3) is 0 Å². The maximum atomic E-state index is 12.6. The predicted molar refractivity (Wildman–Crippen MR) is 106 cm³/mol. The molecule has 2 atom stereocenters. The van der Waals surface area contributed by atoms with Gasteiger partial charge in [-0.05, 0) is 65.2 Å². The number of rotatable bonds is 5. The van der Waals surface area contributed by atoms with Gasteiger partial charge in [-0.1, -0.05) is 18.2 Å². The van der Waals surface area contributed by atoms with Crippen LogP contribution in [0.25, 0.3) is 0 Å². The zero-order valence-corrected chi connectivity index (χ0v) is 16.8. The number of nitrogens with zero attached hydrogens (tertiary/aromatic N) is 1. The highest BCUT2D eigenvalue weighted by Crippen LogP contribution is 2.26. The first kappa shape index (κ1) is 21.0. The Kier molecular flexibility index (Phi) is 6.65. The highest BCUT2D eigenvalue weighted by Gasteiger charge is 2.36. The zero-order chi connectivity index (χ0) is 20.2. The van der Waals surface area contributed by atoms with Gasteiger partial charge < -0.3 is 20.1 Å². The molecule has 1 aromatic carbocycles. The van der Waals surface area contributed by atoms with E-state index in [1.54, 1.807) is 42.2 Å². The Balaban J connectivity index is 2.16. The van der Waals surface area contributed by atoms with E-state index in [2.05, 4.69) is 5.32 Å². The van der Waals surface area contributed by atoms with Crippen LogP contribution >= 0.6 is 0 Å². The van der Waals surface area contributed by atoms with Crippen LogP contribution in [-0.4, -0.2) is 46.3 Å². The van der Waals surface area contributed by atoms with Crippen LogP contribution < -0.4 is 5.32 Å². The van der Waals surface area contributed by atoms with Crippen LogP contribution in [0.3, 0.4) is 0 Å². The molecular formula is C21H30N2O4. The molecule has 2 N–H and O–H groups in total. The van der Waals surface area contributed by atoms with Gasteiger partial charge in [0.15, 0.2) is 5.78 Å². The van der Waals surface area contributed by atoms with Crippen molar-refractivity contribution < 1.29 is 19.4 Å². The van der Waals surface area contributed by atoms with Crippen molar-refractivity contribution >= 4 is 17.6 Å². The number of aliphatic hydroxyl groups excluding tert-OH is 1. The van der Waals surface area contributed by atoms with Gasteiger partial charge in [-0.2, -0.15) is 0 Å². The normalized spacial score (nSPS) is 19.0. The fraction of sp³-hybridized carbons (Fsp3) is 0.524.